The minimum absolute atomic E-state index is 0.0664. The number of benzene rings is 1. The third kappa shape index (κ3) is 2.20. The molecule has 19 heavy (non-hydrogen) atoms. The van der Waals surface area contributed by atoms with E-state index in [9.17, 15) is 9.18 Å². The van der Waals surface area contributed by atoms with Gasteiger partial charge in [-0.25, -0.2) is 0 Å². The lowest BCUT2D eigenvalue weighted by atomic mass is 9.67. The number of carbonyl (C=O) groups excluding carboxylic acids is 1. The van der Waals surface area contributed by atoms with Gasteiger partial charge >= 0.3 is 0 Å². The number of nitrogens with one attached hydrogen (secondary N) is 1. The molecule has 0 saturated carbocycles. The van der Waals surface area contributed by atoms with Crippen LogP contribution in [0.4, 0.5) is 4.39 Å². The number of alkyl halides is 1. The maximum absolute atomic E-state index is 13.0. The van der Waals surface area contributed by atoms with Crippen LogP contribution in [-0.4, -0.2) is 12.6 Å². The Labute approximate surface area is 121 Å². The first-order valence-corrected chi connectivity index (χ1v) is 7.36. The molecule has 0 bridgehead atoms. The fourth-order valence-electron chi connectivity index (χ4n) is 2.99. The van der Waals surface area contributed by atoms with Crippen LogP contribution in [0.5, 0.6) is 0 Å². The zero-order valence-electron chi connectivity index (χ0n) is 11.5. The predicted molar refractivity (Wildman–Crippen MR) is 77.9 cm³/mol. The Morgan fingerprint density at radius 1 is 1.32 bits per heavy atom. The zero-order chi connectivity index (χ0) is 14.3. The van der Waals surface area contributed by atoms with Gasteiger partial charge in [0, 0.05) is 4.47 Å². The molecule has 1 amide bonds. The van der Waals surface area contributed by atoms with Gasteiger partial charge in [0.05, 0.1) is 17.6 Å². The molecule has 1 N–H and O–H groups in total. The first kappa shape index (κ1) is 14.5. The molecular formula is C15H19BrFNO. The maximum Gasteiger partial charge on any atom is 0.231 e. The van der Waals surface area contributed by atoms with Crippen molar-refractivity contribution in [3.63, 3.8) is 0 Å². The lowest BCUT2D eigenvalue weighted by molar-refractivity contribution is -0.130. The van der Waals surface area contributed by atoms with E-state index in [4.69, 9.17) is 0 Å². The van der Waals surface area contributed by atoms with E-state index in [0.29, 0.717) is 6.42 Å². The Hall–Kier alpha value is -0.900. The van der Waals surface area contributed by atoms with Gasteiger partial charge in [0.1, 0.15) is 0 Å². The summed E-state index contributed by atoms with van der Waals surface area (Å²) in [5.74, 6) is -0.0664. The van der Waals surface area contributed by atoms with E-state index in [1.807, 2.05) is 39.0 Å². The third-order valence-corrected chi connectivity index (χ3v) is 4.65. The Morgan fingerprint density at radius 2 is 2.00 bits per heavy atom. The third-order valence-electron chi connectivity index (χ3n) is 4.16. The summed E-state index contributed by atoms with van der Waals surface area (Å²) >= 11 is 3.45. The number of halogens is 2. The van der Waals surface area contributed by atoms with Gasteiger partial charge in [0.25, 0.3) is 0 Å². The fraction of sp³-hybridized carbons (Fsp3) is 0.533. The van der Waals surface area contributed by atoms with Crippen molar-refractivity contribution >= 4 is 21.8 Å². The van der Waals surface area contributed by atoms with E-state index >= 15 is 0 Å². The first-order valence-electron chi connectivity index (χ1n) is 6.56. The van der Waals surface area contributed by atoms with Crippen molar-refractivity contribution in [3.8, 4) is 0 Å². The van der Waals surface area contributed by atoms with Gasteiger partial charge in [-0.15, -0.1) is 0 Å². The first-order chi connectivity index (χ1) is 8.87. The lowest BCUT2D eigenvalue weighted by Gasteiger charge is -2.44. The summed E-state index contributed by atoms with van der Waals surface area (Å²) < 4.78 is 13.9. The minimum Gasteiger partial charge on any atom is -0.346 e. The zero-order valence-corrected chi connectivity index (χ0v) is 13.1. The van der Waals surface area contributed by atoms with Crippen molar-refractivity contribution in [1.29, 1.82) is 0 Å². The molecule has 1 unspecified atom stereocenters. The highest BCUT2D eigenvalue weighted by atomic mass is 79.9. The molecule has 1 atom stereocenters. The topological polar surface area (TPSA) is 29.1 Å². The predicted octanol–water partition coefficient (Wildman–Crippen LogP) is 3.82. The van der Waals surface area contributed by atoms with Crippen LogP contribution in [0.1, 0.15) is 44.7 Å². The second-order valence-electron chi connectivity index (χ2n) is 5.64. The smallest absolute Gasteiger partial charge is 0.231 e. The number of fused-ring (bicyclic) bond motifs is 1. The molecule has 2 rings (SSSR count). The monoisotopic (exact) mass is 327 g/mol. The van der Waals surface area contributed by atoms with Crippen molar-refractivity contribution in [2.45, 2.75) is 44.6 Å². The lowest BCUT2D eigenvalue weighted by Crippen LogP contribution is -2.56. The molecule has 4 heteroatoms. The average Bonchev–Trinajstić information content (AvgIpc) is 2.33. The van der Waals surface area contributed by atoms with Gasteiger partial charge in [-0.2, -0.15) is 0 Å². The number of hydrogen-bond donors (Lipinski definition) is 1. The van der Waals surface area contributed by atoms with Crippen LogP contribution in [0.25, 0.3) is 0 Å². The van der Waals surface area contributed by atoms with Crippen LogP contribution >= 0.6 is 15.9 Å². The molecule has 1 aliphatic rings. The van der Waals surface area contributed by atoms with E-state index in [0.717, 1.165) is 15.6 Å². The highest BCUT2D eigenvalue weighted by Gasteiger charge is 2.47. The van der Waals surface area contributed by atoms with Crippen LogP contribution in [0.2, 0.25) is 0 Å². The highest BCUT2D eigenvalue weighted by molar-refractivity contribution is 9.10. The Morgan fingerprint density at radius 3 is 2.58 bits per heavy atom. The summed E-state index contributed by atoms with van der Waals surface area (Å²) in [4.78, 5) is 12.5. The van der Waals surface area contributed by atoms with Gasteiger partial charge in [-0.1, -0.05) is 28.9 Å². The molecule has 0 fully saturated rings. The Bertz CT molecular complexity index is 515. The largest absolute Gasteiger partial charge is 0.346 e. The number of carbonyl (C=O) groups is 1. The van der Waals surface area contributed by atoms with E-state index in [-0.39, 0.29) is 12.3 Å². The van der Waals surface area contributed by atoms with Crippen LogP contribution in [0.3, 0.4) is 0 Å². The standard InChI is InChI=1S/C15H19BrFNO/c1-4-15(7-8-17)12-9-10(16)5-6-11(12)14(2,3)18-13(15)19/h5-6,9H,4,7-8H2,1-3H3,(H,18,19). The summed E-state index contributed by atoms with van der Waals surface area (Å²) in [6.45, 7) is 5.41. The molecule has 0 aliphatic carbocycles. The molecule has 0 spiro atoms. The summed E-state index contributed by atoms with van der Waals surface area (Å²) in [6.07, 6.45) is 0.831. The number of hydrogen-bond acceptors (Lipinski definition) is 1. The second kappa shape index (κ2) is 4.89. The Balaban J connectivity index is 2.71. The molecule has 1 aromatic rings. The molecule has 0 aromatic heterocycles. The van der Waals surface area contributed by atoms with Crippen molar-refractivity contribution < 1.29 is 9.18 Å². The van der Waals surface area contributed by atoms with Gasteiger partial charge in [0.2, 0.25) is 5.91 Å². The molecule has 104 valence electrons. The van der Waals surface area contributed by atoms with Gasteiger partial charge in [-0.3, -0.25) is 9.18 Å². The normalized spacial score (nSPS) is 24.8. The summed E-state index contributed by atoms with van der Waals surface area (Å²) in [7, 11) is 0. The Kier molecular flexibility index (Phi) is 3.74. The van der Waals surface area contributed by atoms with Gasteiger partial charge < -0.3 is 5.32 Å². The van der Waals surface area contributed by atoms with Crippen molar-refractivity contribution in [2.24, 2.45) is 0 Å². The van der Waals surface area contributed by atoms with Crippen LogP contribution in [0.15, 0.2) is 22.7 Å². The molecule has 0 saturated heterocycles. The van der Waals surface area contributed by atoms with E-state index < -0.39 is 17.6 Å². The van der Waals surface area contributed by atoms with Crippen LogP contribution in [0, 0.1) is 0 Å². The quantitative estimate of drug-likeness (QED) is 0.898. The van der Waals surface area contributed by atoms with Crippen LogP contribution in [-0.2, 0) is 15.7 Å². The summed E-state index contributed by atoms with van der Waals surface area (Å²) in [5.41, 5.74) is 0.868. The van der Waals surface area contributed by atoms with Crippen molar-refractivity contribution in [2.75, 3.05) is 6.67 Å². The van der Waals surface area contributed by atoms with Crippen molar-refractivity contribution in [3.05, 3.63) is 33.8 Å². The van der Waals surface area contributed by atoms with Gasteiger partial charge in [-0.05, 0) is 49.9 Å². The van der Waals surface area contributed by atoms with E-state index in [1.165, 1.54) is 0 Å². The minimum atomic E-state index is -0.747. The SMILES string of the molecule is CCC1(CCF)C(=O)NC(C)(C)c2ccc(Br)cc21. The van der Waals surface area contributed by atoms with Crippen LogP contribution < -0.4 is 5.32 Å². The van der Waals surface area contributed by atoms with E-state index in [1.54, 1.807) is 0 Å². The number of amides is 1. The highest BCUT2D eigenvalue weighted by Crippen LogP contribution is 2.43. The van der Waals surface area contributed by atoms with Crippen molar-refractivity contribution in [1.82, 2.24) is 5.32 Å². The summed E-state index contributed by atoms with van der Waals surface area (Å²) in [5, 5.41) is 3.04. The molecular weight excluding hydrogens is 309 g/mol. The number of rotatable bonds is 3. The molecule has 1 aliphatic heterocycles. The average molecular weight is 328 g/mol. The second-order valence-corrected chi connectivity index (χ2v) is 6.56. The molecule has 2 nitrogen and oxygen atoms in total. The van der Waals surface area contributed by atoms with E-state index in [2.05, 4.69) is 21.2 Å². The maximum atomic E-state index is 13.0. The molecule has 1 aromatic carbocycles. The molecule has 1 heterocycles. The van der Waals surface area contributed by atoms with Gasteiger partial charge in [0.15, 0.2) is 0 Å². The summed E-state index contributed by atoms with van der Waals surface area (Å²) in [6, 6.07) is 5.95. The molecule has 0 radical (unpaired) electrons. The fourth-order valence-corrected chi connectivity index (χ4v) is 3.35.